The minimum atomic E-state index is -3.30. The van der Waals surface area contributed by atoms with Crippen molar-refractivity contribution in [3.05, 3.63) is 42.0 Å². The van der Waals surface area contributed by atoms with Crippen LogP contribution in [0.2, 0.25) is 0 Å². The van der Waals surface area contributed by atoms with Gasteiger partial charge in [0.15, 0.2) is 9.84 Å². The van der Waals surface area contributed by atoms with E-state index in [1.807, 2.05) is 0 Å². The highest BCUT2D eigenvalue weighted by molar-refractivity contribution is 7.90. The van der Waals surface area contributed by atoms with Crippen LogP contribution in [0.5, 0.6) is 0 Å². The van der Waals surface area contributed by atoms with E-state index in [1.165, 1.54) is 29.2 Å². The number of hydrogen-bond donors (Lipinski definition) is 1. The summed E-state index contributed by atoms with van der Waals surface area (Å²) in [5, 5.41) is 3.88. The minimum absolute atomic E-state index is 0.0913. The van der Waals surface area contributed by atoms with E-state index >= 15 is 0 Å². The van der Waals surface area contributed by atoms with E-state index in [0.717, 1.165) is 6.26 Å². The number of rotatable bonds is 3. The van der Waals surface area contributed by atoms with Gasteiger partial charge in [-0.2, -0.15) is 5.10 Å². The number of nitrogen functional groups attached to an aromatic ring is 1. The van der Waals surface area contributed by atoms with Crippen molar-refractivity contribution in [1.82, 2.24) is 9.78 Å². The van der Waals surface area contributed by atoms with E-state index in [0.29, 0.717) is 11.3 Å². The Hall–Kier alpha value is -1.89. The topological polar surface area (TPSA) is 78.0 Å². The van der Waals surface area contributed by atoms with Gasteiger partial charge in [-0.3, -0.25) is 4.68 Å². The Kier molecular flexibility index (Phi) is 3.08. The summed E-state index contributed by atoms with van der Waals surface area (Å²) in [4.78, 5) is 0.0948. The molecule has 1 aromatic heterocycles. The first-order valence-corrected chi connectivity index (χ1v) is 7.02. The van der Waals surface area contributed by atoms with Gasteiger partial charge in [0.1, 0.15) is 10.7 Å². The Morgan fingerprint density at radius 3 is 2.72 bits per heavy atom. The fourth-order valence-corrected chi connectivity index (χ4v) is 2.08. The highest BCUT2D eigenvalue weighted by Crippen LogP contribution is 2.17. The van der Waals surface area contributed by atoms with E-state index in [-0.39, 0.29) is 11.4 Å². The van der Waals surface area contributed by atoms with Gasteiger partial charge in [0.25, 0.3) is 0 Å². The molecule has 0 amide bonds. The molecule has 0 spiro atoms. The third kappa shape index (κ3) is 2.51. The summed E-state index contributed by atoms with van der Waals surface area (Å²) in [5.41, 5.74) is 6.27. The van der Waals surface area contributed by atoms with Crippen LogP contribution in [0, 0.1) is 5.82 Å². The zero-order chi connectivity index (χ0) is 13.3. The highest BCUT2D eigenvalue weighted by Gasteiger charge is 2.12. The molecule has 0 unspecified atom stereocenters. The van der Waals surface area contributed by atoms with Gasteiger partial charge in [-0.05, 0) is 12.1 Å². The smallest absolute Gasteiger partial charge is 0.178 e. The van der Waals surface area contributed by atoms with Crippen LogP contribution >= 0.6 is 0 Å². The normalized spacial score (nSPS) is 11.7. The quantitative estimate of drug-likeness (QED) is 0.845. The molecule has 2 N–H and O–H groups in total. The van der Waals surface area contributed by atoms with Crippen LogP contribution in [0.3, 0.4) is 0 Å². The summed E-state index contributed by atoms with van der Waals surface area (Å²) in [5.74, 6) is -0.439. The number of sulfone groups is 1. The second-order valence-electron chi connectivity index (χ2n) is 3.95. The lowest BCUT2D eigenvalue weighted by atomic mass is 10.1. The summed E-state index contributed by atoms with van der Waals surface area (Å²) in [6.45, 7) is 0.0913. The minimum Gasteiger partial charge on any atom is -0.398 e. The van der Waals surface area contributed by atoms with Crippen molar-refractivity contribution in [2.24, 2.45) is 0 Å². The van der Waals surface area contributed by atoms with Crippen molar-refractivity contribution in [1.29, 1.82) is 0 Å². The molecule has 1 heterocycles. The number of nitrogens with zero attached hydrogens (tertiary/aromatic N) is 2. The Balaban J connectivity index is 2.33. The van der Waals surface area contributed by atoms with Crippen LogP contribution in [-0.2, 0) is 16.4 Å². The lowest BCUT2D eigenvalue weighted by molar-refractivity contribution is 0.586. The fourth-order valence-electron chi connectivity index (χ4n) is 1.53. The first-order chi connectivity index (χ1) is 8.38. The molecule has 0 bridgehead atoms. The van der Waals surface area contributed by atoms with E-state index in [4.69, 9.17) is 5.73 Å². The summed E-state index contributed by atoms with van der Waals surface area (Å²) in [7, 11) is -3.30. The molecule has 0 saturated heterocycles. The lowest BCUT2D eigenvalue weighted by Crippen LogP contribution is -2.06. The van der Waals surface area contributed by atoms with Crippen LogP contribution < -0.4 is 5.73 Å². The lowest BCUT2D eigenvalue weighted by Gasteiger charge is -2.06. The van der Waals surface area contributed by atoms with Gasteiger partial charge in [-0.1, -0.05) is 6.07 Å². The van der Waals surface area contributed by atoms with Crippen LogP contribution in [0.25, 0.3) is 0 Å². The van der Waals surface area contributed by atoms with E-state index < -0.39 is 15.7 Å². The van der Waals surface area contributed by atoms with Crippen molar-refractivity contribution in [3.8, 4) is 0 Å². The molecule has 0 radical (unpaired) electrons. The van der Waals surface area contributed by atoms with Crippen LogP contribution in [-0.4, -0.2) is 24.5 Å². The predicted octanol–water partition coefficient (Wildman–Crippen LogP) is 1.06. The Morgan fingerprint density at radius 2 is 2.17 bits per heavy atom. The Labute approximate surface area is 104 Å². The summed E-state index contributed by atoms with van der Waals surface area (Å²) in [6, 6.07) is 4.39. The number of halogens is 1. The largest absolute Gasteiger partial charge is 0.398 e. The average molecular weight is 269 g/mol. The monoisotopic (exact) mass is 269 g/mol. The first kappa shape index (κ1) is 12.6. The van der Waals surface area contributed by atoms with Gasteiger partial charge in [0.05, 0.1) is 12.7 Å². The van der Waals surface area contributed by atoms with E-state index in [2.05, 4.69) is 5.10 Å². The maximum Gasteiger partial charge on any atom is 0.178 e. The zero-order valence-corrected chi connectivity index (χ0v) is 10.5. The van der Waals surface area contributed by atoms with Gasteiger partial charge < -0.3 is 5.73 Å². The molecule has 2 aromatic rings. The first-order valence-electron chi connectivity index (χ1n) is 5.13. The van der Waals surface area contributed by atoms with Gasteiger partial charge in [0, 0.05) is 23.7 Å². The van der Waals surface area contributed by atoms with Crippen molar-refractivity contribution >= 4 is 15.5 Å². The molecular formula is C11H12FN3O2S. The van der Waals surface area contributed by atoms with Crippen molar-refractivity contribution in [3.63, 3.8) is 0 Å². The van der Waals surface area contributed by atoms with Gasteiger partial charge in [-0.15, -0.1) is 0 Å². The molecule has 2 rings (SSSR count). The predicted molar refractivity (Wildman–Crippen MR) is 65.3 cm³/mol. The summed E-state index contributed by atoms with van der Waals surface area (Å²) < 4.78 is 37.4. The highest BCUT2D eigenvalue weighted by atomic mass is 32.2. The molecular weight excluding hydrogens is 257 g/mol. The number of benzene rings is 1. The van der Waals surface area contributed by atoms with Crippen molar-refractivity contribution in [2.75, 3.05) is 12.0 Å². The maximum absolute atomic E-state index is 13.5. The van der Waals surface area contributed by atoms with Crippen LogP contribution in [0.15, 0.2) is 35.5 Å². The molecule has 0 fully saturated rings. The van der Waals surface area contributed by atoms with Crippen LogP contribution in [0.4, 0.5) is 10.1 Å². The second-order valence-corrected chi connectivity index (χ2v) is 5.97. The molecule has 0 saturated carbocycles. The number of hydrogen-bond acceptors (Lipinski definition) is 4. The van der Waals surface area contributed by atoms with Crippen molar-refractivity contribution < 1.29 is 12.8 Å². The maximum atomic E-state index is 13.5. The molecule has 96 valence electrons. The molecule has 0 atom stereocenters. The SMILES string of the molecule is CS(=O)(=O)c1cnn(Cc2c(N)cccc2F)c1. The van der Waals surface area contributed by atoms with Crippen molar-refractivity contribution in [2.45, 2.75) is 11.4 Å². The average Bonchev–Trinajstić information content (AvgIpc) is 2.72. The summed E-state index contributed by atoms with van der Waals surface area (Å²) in [6.07, 6.45) is 3.67. The second kappa shape index (κ2) is 4.41. The third-order valence-electron chi connectivity index (χ3n) is 2.51. The molecule has 0 aliphatic heterocycles. The number of anilines is 1. The molecule has 0 aliphatic carbocycles. The summed E-state index contributed by atoms with van der Waals surface area (Å²) >= 11 is 0. The van der Waals surface area contributed by atoms with Gasteiger partial charge in [0.2, 0.25) is 0 Å². The molecule has 0 aliphatic rings. The Bertz CT molecular complexity index is 659. The zero-order valence-electron chi connectivity index (χ0n) is 9.67. The number of aromatic nitrogens is 2. The van der Waals surface area contributed by atoms with Gasteiger partial charge >= 0.3 is 0 Å². The molecule has 5 nitrogen and oxygen atoms in total. The molecule has 7 heteroatoms. The van der Waals surface area contributed by atoms with Crippen LogP contribution in [0.1, 0.15) is 5.56 Å². The fraction of sp³-hybridized carbons (Fsp3) is 0.182. The van der Waals surface area contributed by atoms with E-state index in [9.17, 15) is 12.8 Å². The molecule has 18 heavy (non-hydrogen) atoms. The number of nitrogens with two attached hydrogens (primary N) is 1. The third-order valence-corrected chi connectivity index (χ3v) is 3.58. The standard InChI is InChI=1S/C11H12FN3O2S/c1-18(16,17)8-5-14-15(6-8)7-9-10(12)3-2-4-11(9)13/h2-6H,7,13H2,1H3. The van der Waals surface area contributed by atoms with Gasteiger partial charge in [-0.25, -0.2) is 12.8 Å². The molecule has 1 aromatic carbocycles. The Morgan fingerprint density at radius 1 is 1.44 bits per heavy atom. The van der Waals surface area contributed by atoms with E-state index in [1.54, 1.807) is 6.07 Å².